The third-order valence-corrected chi connectivity index (χ3v) is 6.34. The topological polar surface area (TPSA) is 111 Å². The first kappa shape index (κ1) is 24.0. The van der Waals surface area contributed by atoms with Crippen LogP contribution in [0.2, 0.25) is 0 Å². The van der Waals surface area contributed by atoms with Gasteiger partial charge < -0.3 is 26.6 Å². The number of anilines is 2. The largest absolute Gasteiger partial charge is 0.364 e. The summed E-state index contributed by atoms with van der Waals surface area (Å²) in [4.78, 5) is 38.8. The Morgan fingerprint density at radius 2 is 1.69 bits per heavy atom. The van der Waals surface area contributed by atoms with Crippen LogP contribution in [0.15, 0.2) is 24.3 Å². The van der Waals surface area contributed by atoms with Gasteiger partial charge in [-0.15, -0.1) is 0 Å². The van der Waals surface area contributed by atoms with E-state index in [-0.39, 0.29) is 28.9 Å². The maximum atomic E-state index is 13.3. The Bertz CT molecular complexity index is 866. The molecule has 2 heterocycles. The van der Waals surface area contributed by atoms with Crippen molar-refractivity contribution < 1.29 is 14.4 Å². The van der Waals surface area contributed by atoms with E-state index in [1.807, 2.05) is 26.0 Å². The molecule has 0 spiro atoms. The minimum Gasteiger partial charge on any atom is -0.364 e. The Balaban J connectivity index is 1.70. The lowest BCUT2D eigenvalue weighted by atomic mass is 9.79. The molecule has 8 heteroatoms. The molecule has 1 saturated heterocycles. The van der Waals surface area contributed by atoms with Gasteiger partial charge in [-0.1, -0.05) is 32.4 Å². The fraction of sp³-hybridized carbons (Fsp3) is 0.625. The molecule has 1 aromatic rings. The van der Waals surface area contributed by atoms with Crippen molar-refractivity contribution >= 4 is 29.1 Å². The molecule has 0 saturated carbocycles. The predicted molar refractivity (Wildman–Crippen MR) is 126 cm³/mol. The molecule has 176 valence electrons. The third-order valence-electron chi connectivity index (χ3n) is 6.34. The number of carbonyl (C=O) groups is 3. The number of hydrogen-bond donors (Lipinski definition) is 5. The first-order valence-corrected chi connectivity index (χ1v) is 11.5. The zero-order valence-electron chi connectivity index (χ0n) is 20.0. The molecule has 3 rings (SSSR count). The van der Waals surface area contributed by atoms with Crippen molar-refractivity contribution in [3.63, 3.8) is 0 Å². The zero-order valence-corrected chi connectivity index (χ0v) is 20.0. The lowest BCUT2D eigenvalue weighted by Gasteiger charge is -2.47. The average molecular weight is 444 g/mol. The summed E-state index contributed by atoms with van der Waals surface area (Å²) in [6, 6.07) is 5.39. The minimum atomic E-state index is -1.10. The molecule has 3 atom stereocenters. The predicted octanol–water partition coefficient (Wildman–Crippen LogP) is 2.38. The molecule has 0 aliphatic carbocycles. The van der Waals surface area contributed by atoms with E-state index in [0.717, 1.165) is 12.8 Å². The first-order chi connectivity index (χ1) is 14.9. The quantitative estimate of drug-likeness (QED) is 0.434. The summed E-state index contributed by atoms with van der Waals surface area (Å²) in [6.45, 7) is 12.4. The maximum Gasteiger partial charge on any atom is 0.256 e. The van der Waals surface area contributed by atoms with E-state index in [9.17, 15) is 14.4 Å². The highest BCUT2D eigenvalue weighted by Crippen LogP contribution is 2.29. The van der Waals surface area contributed by atoms with Gasteiger partial charge in [0, 0.05) is 17.1 Å². The summed E-state index contributed by atoms with van der Waals surface area (Å²) in [7, 11) is 0. The number of piperidine rings is 1. The summed E-state index contributed by atoms with van der Waals surface area (Å²) in [5.74, 6) is -1.24. The molecule has 0 unspecified atom stereocenters. The Hall–Kier alpha value is -2.61. The van der Waals surface area contributed by atoms with Crippen LogP contribution in [-0.2, 0) is 14.4 Å². The molecule has 1 fully saturated rings. The molecular weight excluding hydrogens is 406 g/mol. The van der Waals surface area contributed by atoms with E-state index >= 15 is 0 Å². The molecule has 5 N–H and O–H groups in total. The Morgan fingerprint density at radius 1 is 1.09 bits per heavy atom. The molecule has 8 nitrogen and oxygen atoms in total. The second-order valence-electron chi connectivity index (χ2n) is 10.5. The summed E-state index contributed by atoms with van der Waals surface area (Å²) in [6.07, 6.45) is 2.31. The highest BCUT2D eigenvalue weighted by Gasteiger charge is 2.40. The van der Waals surface area contributed by atoms with Crippen LogP contribution in [0.25, 0.3) is 0 Å². The molecule has 3 amide bonds. The second kappa shape index (κ2) is 9.10. The minimum absolute atomic E-state index is 0.000175. The van der Waals surface area contributed by atoms with Gasteiger partial charge in [0.05, 0.1) is 11.4 Å². The number of benzene rings is 1. The summed E-state index contributed by atoms with van der Waals surface area (Å²) >= 11 is 0. The summed E-state index contributed by atoms with van der Waals surface area (Å²) in [5.41, 5.74) is 1.10. The summed E-state index contributed by atoms with van der Waals surface area (Å²) < 4.78 is 0. The van der Waals surface area contributed by atoms with Crippen LogP contribution in [0.5, 0.6) is 0 Å². The standard InChI is InChI=1S/C24H37N5O3/c1-7-14(2)18(20(30)25-15-12-23(3,4)29-24(5,6)13-15)28-22(32)19-21(31)27-17-11-9-8-10-16(17)26-19/h8-11,14-15,18-19,26,29H,7,12-13H2,1-6H3,(H,25,30)(H,27,31)(H,28,32)/t14-,18-,19+/m0/s1. The fourth-order valence-corrected chi connectivity index (χ4v) is 4.98. The van der Waals surface area contributed by atoms with Gasteiger partial charge >= 0.3 is 0 Å². The highest BCUT2D eigenvalue weighted by molar-refractivity contribution is 6.16. The van der Waals surface area contributed by atoms with Gasteiger partial charge in [-0.3, -0.25) is 14.4 Å². The Labute approximate surface area is 190 Å². The van der Waals surface area contributed by atoms with Crippen molar-refractivity contribution in [2.24, 2.45) is 5.92 Å². The molecule has 2 aliphatic rings. The lowest BCUT2D eigenvalue weighted by Crippen LogP contribution is -2.64. The summed E-state index contributed by atoms with van der Waals surface area (Å²) in [5, 5.41) is 15.4. The molecule has 1 aromatic carbocycles. The molecule has 0 radical (unpaired) electrons. The van der Waals surface area contributed by atoms with Gasteiger partial charge in [0.1, 0.15) is 6.04 Å². The van der Waals surface area contributed by atoms with Crippen LogP contribution in [0, 0.1) is 5.92 Å². The van der Waals surface area contributed by atoms with E-state index in [1.54, 1.807) is 12.1 Å². The normalized spacial score (nSPS) is 23.7. The van der Waals surface area contributed by atoms with Crippen LogP contribution in [0.4, 0.5) is 11.4 Å². The molecule has 0 bridgehead atoms. The van der Waals surface area contributed by atoms with Crippen molar-refractivity contribution in [1.29, 1.82) is 0 Å². The van der Waals surface area contributed by atoms with Crippen LogP contribution < -0.4 is 26.6 Å². The molecule has 0 aromatic heterocycles. The number of carbonyl (C=O) groups excluding carboxylic acids is 3. The number of nitrogens with one attached hydrogen (secondary N) is 5. The highest BCUT2D eigenvalue weighted by atomic mass is 16.2. The first-order valence-electron chi connectivity index (χ1n) is 11.5. The van der Waals surface area contributed by atoms with Gasteiger partial charge in [0.15, 0.2) is 6.04 Å². The number of amides is 3. The fourth-order valence-electron chi connectivity index (χ4n) is 4.98. The number of para-hydroxylation sites is 2. The van der Waals surface area contributed by atoms with Crippen LogP contribution in [0.3, 0.4) is 0 Å². The van der Waals surface area contributed by atoms with Crippen molar-refractivity contribution in [3.05, 3.63) is 24.3 Å². The van der Waals surface area contributed by atoms with Crippen LogP contribution in [-0.4, -0.2) is 46.9 Å². The average Bonchev–Trinajstić information content (AvgIpc) is 2.68. The van der Waals surface area contributed by atoms with Crippen molar-refractivity contribution in [3.8, 4) is 0 Å². The van der Waals surface area contributed by atoms with E-state index in [4.69, 9.17) is 0 Å². The smallest absolute Gasteiger partial charge is 0.256 e. The van der Waals surface area contributed by atoms with Crippen molar-refractivity contribution in [2.45, 2.75) is 90.0 Å². The van der Waals surface area contributed by atoms with Crippen molar-refractivity contribution in [2.75, 3.05) is 10.6 Å². The Morgan fingerprint density at radius 3 is 2.28 bits per heavy atom. The second-order valence-corrected chi connectivity index (χ2v) is 10.5. The van der Waals surface area contributed by atoms with Gasteiger partial charge in [-0.2, -0.15) is 0 Å². The monoisotopic (exact) mass is 443 g/mol. The van der Waals surface area contributed by atoms with Gasteiger partial charge in [0.2, 0.25) is 5.91 Å². The van der Waals surface area contributed by atoms with E-state index in [1.165, 1.54) is 0 Å². The van der Waals surface area contributed by atoms with Gasteiger partial charge in [-0.25, -0.2) is 0 Å². The maximum absolute atomic E-state index is 13.3. The van der Waals surface area contributed by atoms with Crippen molar-refractivity contribution in [1.82, 2.24) is 16.0 Å². The van der Waals surface area contributed by atoms with Gasteiger partial charge in [-0.05, 0) is 58.6 Å². The van der Waals surface area contributed by atoms with E-state index < -0.39 is 23.9 Å². The third kappa shape index (κ3) is 5.59. The van der Waals surface area contributed by atoms with Gasteiger partial charge in [0.25, 0.3) is 11.8 Å². The van der Waals surface area contributed by atoms with Crippen LogP contribution >= 0.6 is 0 Å². The molecule has 2 aliphatic heterocycles. The molecular formula is C24H37N5O3. The van der Waals surface area contributed by atoms with Crippen LogP contribution in [0.1, 0.15) is 60.8 Å². The van der Waals surface area contributed by atoms with E-state index in [2.05, 4.69) is 54.3 Å². The molecule has 32 heavy (non-hydrogen) atoms. The lowest BCUT2D eigenvalue weighted by molar-refractivity contribution is -0.133. The number of rotatable bonds is 6. The Kier molecular flexibility index (Phi) is 6.83. The SMILES string of the molecule is CC[C@H](C)[C@H](NC(=O)[C@@H]1Nc2ccccc2NC1=O)C(=O)NC1CC(C)(C)NC(C)(C)C1. The van der Waals surface area contributed by atoms with E-state index in [0.29, 0.717) is 17.8 Å². The number of hydrogen-bond acceptors (Lipinski definition) is 5. The zero-order chi connectivity index (χ0) is 23.7. The number of fused-ring (bicyclic) bond motifs is 1.